The van der Waals surface area contributed by atoms with E-state index in [1.807, 2.05) is 13.8 Å². The number of carbonyl (C=O) groups is 1. The second-order valence-corrected chi connectivity index (χ2v) is 9.35. The largest absolute Gasteiger partial charge is 0.434 e. The smallest absolute Gasteiger partial charge is 0.387 e. The maximum Gasteiger partial charge on any atom is 0.387 e. The first-order valence-electron chi connectivity index (χ1n) is 11.7. The van der Waals surface area contributed by atoms with Crippen molar-refractivity contribution in [3.05, 3.63) is 71.3 Å². The van der Waals surface area contributed by atoms with Gasteiger partial charge in [-0.05, 0) is 43.0 Å². The zero-order valence-electron chi connectivity index (χ0n) is 20.3. The summed E-state index contributed by atoms with van der Waals surface area (Å²) in [6, 6.07) is 10.5. The van der Waals surface area contributed by atoms with Crippen LogP contribution in [0.4, 0.5) is 18.9 Å². The predicted octanol–water partition coefficient (Wildman–Crippen LogP) is 4.62. The molecule has 2 heterocycles. The van der Waals surface area contributed by atoms with Crippen molar-refractivity contribution in [1.82, 2.24) is 14.7 Å². The van der Waals surface area contributed by atoms with E-state index in [0.717, 1.165) is 0 Å². The molecule has 4 rings (SSSR count). The van der Waals surface area contributed by atoms with Crippen molar-refractivity contribution in [2.45, 2.75) is 40.0 Å². The predicted molar refractivity (Wildman–Crippen MR) is 129 cm³/mol. The van der Waals surface area contributed by atoms with Crippen molar-refractivity contribution < 1.29 is 27.8 Å². The van der Waals surface area contributed by atoms with Crippen LogP contribution in [0.2, 0.25) is 0 Å². The van der Waals surface area contributed by atoms with Crippen LogP contribution >= 0.6 is 0 Å². The van der Waals surface area contributed by atoms with Gasteiger partial charge in [0.05, 0.1) is 23.0 Å². The molecule has 1 aliphatic heterocycles. The number of hydrogen-bond acceptors (Lipinski definition) is 5. The maximum absolute atomic E-state index is 13.6. The lowest BCUT2D eigenvalue weighted by atomic mass is 9.88. The molecule has 1 aromatic heterocycles. The molecule has 36 heavy (non-hydrogen) atoms. The Balaban J connectivity index is 1.52. The van der Waals surface area contributed by atoms with E-state index in [4.69, 9.17) is 4.74 Å². The number of alkyl halides is 2. The first-order chi connectivity index (χ1) is 17.1. The number of amides is 1. The molecule has 2 N–H and O–H groups in total. The van der Waals surface area contributed by atoms with Gasteiger partial charge in [0.25, 0.3) is 5.91 Å². The van der Waals surface area contributed by atoms with Crippen molar-refractivity contribution in [1.29, 1.82) is 0 Å². The Hall–Kier alpha value is -3.37. The third-order valence-corrected chi connectivity index (χ3v) is 6.41. The highest BCUT2D eigenvalue weighted by molar-refractivity contribution is 6.05. The van der Waals surface area contributed by atoms with Gasteiger partial charge in [-0.15, -0.1) is 0 Å². The second-order valence-electron chi connectivity index (χ2n) is 9.35. The van der Waals surface area contributed by atoms with Gasteiger partial charge in [-0.2, -0.15) is 13.9 Å². The van der Waals surface area contributed by atoms with E-state index in [9.17, 15) is 23.1 Å². The molecule has 0 spiro atoms. The summed E-state index contributed by atoms with van der Waals surface area (Å²) in [4.78, 5) is 15.0. The van der Waals surface area contributed by atoms with Crippen molar-refractivity contribution >= 4 is 11.6 Å². The number of rotatable bonds is 7. The van der Waals surface area contributed by atoms with Crippen LogP contribution in [0.1, 0.15) is 35.5 Å². The Bertz CT molecular complexity index is 1220. The minimum Gasteiger partial charge on any atom is -0.434 e. The highest BCUT2D eigenvalue weighted by Crippen LogP contribution is 2.30. The van der Waals surface area contributed by atoms with Gasteiger partial charge in [-0.25, -0.2) is 9.07 Å². The van der Waals surface area contributed by atoms with Crippen molar-refractivity contribution in [2.24, 2.45) is 11.8 Å². The van der Waals surface area contributed by atoms with Gasteiger partial charge in [0.2, 0.25) is 0 Å². The molecule has 0 bridgehead atoms. The van der Waals surface area contributed by atoms with Crippen LogP contribution in [0.25, 0.3) is 5.69 Å². The molecule has 1 aliphatic rings. The number of nitrogens with zero attached hydrogens (tertiary/aromatic N) is 3. The van der Waals surface area contributed by atoms with E-state index >= 15 is 0 Å². The van der Waals surface area contributed by atoms with Gasteiger partial charge in [0, 0.05) is 43.1 Å². The number of nitrogens with one attached hydrogen (secondary N) is 1. The first kappa shape index (κ1) is 25.7. The summed E-state index contributed by atoms with van der Waals surface area (Å²) >= 11 is 0. The fourth-order valence-electron chi connectivity index (χ4n) is 4.64. The standard InChI is InChI=1S/C26H29F3N4O3/c1-15-11-32(12-16(2)24(15)34)13-18-7-8-20(10-23(18)36-26(28)29)30-25(35)22-14-33(31-17(22)3)21-6-4-5-19(27)9-21/h4-10,14-16,24,26,34H,11-13H2,1-3H3,(H,30,35)/t15-,16+,24?. The average Bonchev–Trinajstić information content (AvgIpc) is 3.20. The second kappa shape index (κ2) is 10.7. The molecule has 1 amide bonds. The number of halogens is 3. The average molecular weight is 503 g/mol. The summed E-state index contributed by atoms with van der Waals surface area (Å²) in [5.74, 6) is -0.824. The highest BCUT2D eigenvalue weighted by Gasteiger charge is 2.30. The number of aliphatic hydroxyl groups is 1. The van der Waals surface area contributed by atoms with Gasteiger partial charge in [0.15, 0.2) is 0 Å². The quantitative estimate of drug-likeness (QED) is 0.493. The van der Waals surface area contributed by atoms with Crippen LogP contribution in [-0.4, -0.2) is 51.5 Å². The molecule has 0 aliphatic carbocycles. The molecule has 0 radical (unpaired) electrons. The molecule has 7 nitrogen and oxygen atoms in total. The molecule has 10 heteroatoms. The Morgan fingerprint density at radius 2 is 1.92 bits per heavy atom. The Kier molecular flexibility index (Phi) is 7.65. The van der Waals surface area contributed by atoms with Crippen LogP contribution in [0.5, 0.6) is 5.75 Å². The molecule has 1 unspecified atom stereocenters. The Morgan fingerprint density at radius 3 is 2.58 bits per heavy atom. The highest BCUT2D eigenvalue weighted by atomic mass is 19.3. The SMILES string of the molecule is Cc1nn(-c2cccc(F)c2)cc1C(=O)Nc1ccc(CN2C[C@@H](C)C(O)[C@@H](C)C2)c(OC(F)F)c1. The summed E-state index contributed by atoms with van der Waals surface area (Å²) in [6.07, 6.45) is 1.08. The number of hydrogen-bond donors (Lipinski definition) is 2. The normalized spacial score (nSPS) is 20.5. The summed E-state index contributed by atoms with van der Waals surface area (Å²) in [5.41, 5.74) is 1.98. The lowest BCUT2D eigenvalue weighted by molar-refractivity contribution is -0.0514. The third-order valence-electron chi connectivity index (χ3n) is 6.41. The molecule has 0 saturated carbocycles. The molecule has 1 saturated heterocycles. The van der Waals surface area contributed by atoms with E-state index in [1.54, 1.807) is 31.2 Å². The van der Waals surface area contributed by atoms with Gasteiger partial charge >= 0.3 is 6.61 Å². The number of anilines is 1. The minimum atomic E-state index is -3.03. The Labute approximate surface area is 207 Å². The van der Waals surface area contributed by atoms with Gasteiger partial charge in [-0.1, -0.05) is 26.0 Å². The molecule has 2 aromatic carbocycles. The summed E-state index contributed by atoms with van der Waals surface area (Å²) < 4.78 is 46.1. The van der Waals surface area contributed by atoms with Gasteiger partial charge in [0.1, 0.15) is 11.6 Å². The number of piperidine rings is 1. The Morgan fingerprint density at radius 1 is 1.19 bits per heavy atom. The first-order valence-corrected chi connectivity index (χ1v) is 11.7. The van der Waals surface area contributed by atoms with Crippen LogP contribution in [0.15, 0.2) is 48.7 Å². The van der Waals surface area contributed by atoms with Crippen LogP contribution < -0.4 is 10.1 Å². The monoisotopic (exact) mass is 502 g/mol. The van der Waals surface area contributed by atoms with E-state index in [0.29, 0.717) is 36.6 Å². The lowest BCUT2D eigenvalue weighted by Gasteiger charge is -2.39. The maximum atomic E-state index is 13.6. The lowest BCUT2D eigenvalue weighted by Crippen LogP contribution is -2.46. The van der Waals surface area contributed by atoms with Gasteiger partial charge in [-0.3, -0.25) is 9.69 Å². The zero-order chi connectivity index (χ0) is 26.0. The number of benzene rings is 2. The molecular formula is C26H29F3N4O3. The number of aryl methyl sites for hydroxylation is 1. The van der Waals surface area contributed by atoms with E-state index in [1.165, 1.54) is 29.1 Å². The number of aliphatic hydroxyl groups excluding tert-OH is 1. The van der Waals surface area contributed by atoms with Crippen LogP contribution in [0.3, 0.4) is 0 Å². The van der Waals surface area contributed by atoms with Crippen LogP contribution in [0, 0.1) is 24.6 Å². The topological polar surface area (TPSA) is 79.6 Å². The molecule has 1 fully saturated rings. The summed E-state index contributed by atoms with van der Waals surface area (Å²) in [7, 11) is 0. The van der Waals surface area contributed by atoms with E-state index < -0.39 is 24.4 Å². The number of likely N-dealkylation sites (tertiary alicyclic amines) is 1. The summed E-state index contributed by atoms with van der Waals surface area (Å²) in [5, 5.41) is 17.2. The number of ether oxygens (including phenoxy) is 1. The fourth-order valence-corrected chi connectivity index (χ4v) is 4.64. The number of aromatic nitrogens is 2. The summed E-state index contributed by atoms with van der Waals surface area (Å²) in [6.45, 7) is 4.18. The van der Waals surface area contributed by atoms with Crippen molar-refractivity contribution in [3.8, 4) is 11.4 Å². The van der Waals surface area contributed by atoms with Crippen LogP contribution in [-0.2, 0) is 6.54 Å². The number of carbonyl (C=O) groups excluding carboxylic acids is 1. The molecule has 3 atom stereocenters. The minimum absolute atomic E-state index is 0.0265. The van der Waals surface area contributed by atoms with E-state index in [2.05, 4.69) is 15.3 Å². The molecular weight excluding hydrogens is 473 g/mol. The third kappa shape index (κ3) is 5.88. The van der Waals surface area contributed by atoms with Crippen molar-refractivity contribution in [2.75, 3.05) is 18.4 Å². The zero-order valence-corrected chi connectivity index (χ0v) is 20.3. The van der Waals surface area contributed by atoms with Gasteiger partial charge < -0.3 is 15.2 Å². The molecule has 192 valence electrons. The fraction of sp³-hybridized carbons (Fsp3) is 0.385. The molecule has 3 aromatic rings. The van der Waals surface area contributed by atoms with Crippen molar-refractivity contribution in [3.63, 3.8) is 0 Å². The van der Waals surface area contributed by atoms with E-state index in [-0.39, 0.29) is 28.8 Å².